The second kappa shape index (κ2) is 11.8. The maximum absolute atomic E-state index is 12.4. The first-order valence-electron chi connectivity index (χ1n) is 9.76. The molecular weight excluding hydrogens is 396 g/mol. The summed E-state index contributed by atoms with van der Waals surface area (Å²) in [5.41, 5.74) is 1.59. The van der Waals surface area contributed by atoms with Gasteiger partial charge in [-0.05, 0) is 42.8 Å². The number of ether oxygens (including phenoxy) is 1. The van der Waals surface area contributed by atoms with Crippen LogP contribution in [-0.4, -0.2) is 24.4 Å². The summed E-state index contributed by atoms with van der Waals surface area (Å²) in [7, 11) is 0. The van der Waals surface area contributed by atoms with Crippen molar-refractivity contribution >= 4 is 34.8 Å². The molecule has 0 aliphatic heterocycles. The second-order valence-electron chi connectivity index (χ2n) is 6.56. The fraction of sp³-hybridized carbons (Fsp3) is 0.217. The molecule has 2 aromatic carbocycles. The average molecular weight is 420 g/mol. The number of hydrogen-bond acceptors (Lipinski definition) is 6. The third kappa shape index (κ3) is 7.33. The van der Waals surface area contributed by atoms with Crippen molar-refractivity contribution in [1.29, 1.82) is 5.26 Å². The number of nitriles is 1. The summed E-state index contributed by atoms with van der Waals surface area (Å²) >= 11 is 0. The van der Waals surface area contributed by atoms with E-state index in [-0.39, 0.29) is 11.5 Å². The van der Waals surface area contributed by atoms with Gasteiger partial charge < -0.3 is 20.7 Å². The number of carbonyl (C=O) groups excluding carboxylic acids is 3. The van der Waals surface area contributed by atoms with Gasteiger partial charge in [0.2, 0.25) is 5.91 Å². The first-order valence-corrected chi connectivity index (χ1v) is 9.76. The van der Waals surface area contributed by atoms with Gasteiger partial charge >= 0.3 is 5.97 Å². The van der Waals surface area contributed by atoms with Crippen molar-refractivity contribution < 1.29 is 19.1 Å². The van der Waals surface area contributed by atoms with E-state index in [0.717, 1.165) is 12.8 Å². The standard InChI is InChI=1S/C23H24N4O4/c1-3-4-13-31-23(30)20-7-5-6-8-21(20)25-15-17(14-24)22(29)27-19-11-9-18(10-12-19)26-16(2)28/h5-12,15,25H,3-4,13H2,1-2H3,(H,26,28)(H,27,29)/b17-15-. The first kappa shape index (κ1) is 23.2. The highest BCUT2D eigenvalue weighted by atomic mass is 16.5. The van der Waals surface area contributed by atoms with Gasteiger partial charge in [0.15, 0.2) is 0 Å². The van der Waals surface area contributed by atoms with Crippen LogP contribution in [0.5, 0.6) is 0 Å². The van der Waals surface area contributed by atoms with E-state index in [1.54, 1.807) is 48.5 Å². The number of esters is 1. The lowest BCUT2D eigenvalue weighted by atomic mass is 10.1. The molecule has 0 heterocycles. The SMILES string of the molecule is CCCCOC(=O)c1ccccc1N/C=C(/C#N)C(=O)Nc1ccc(NC(C)=O)cc1. The molecule has 0 aliphatic rings. The van der Waals surface area contributed by atoms with Crippen LogP contribution in [0, 0.1) is 11.3 Å². The van der Waals surface area contributed by atoms with E-state index in [0.29, 0.717) is 29.2 Å². The third-order valence-corrected chi connectivity index (χ3v) is 4.08. The number of nitrogens with one attached hydrogen (secondary N) is 3. The van der Waals surface area contributed by atoms with Crippen LogP contribution in [0.4, 0.5) is 17.1 Å². The Balaban J connectivity index is 2.07. The summed E-state index contributed by atoms with van der Waals surface area (Å²) in [4.78, 5) is 35.8. The minimum atomic E-state index is -0.620. The summed E-state index contributed by atoms with van der Waals surface area (Å²) in [6, 6.07) is 15.0. The second-order valence-corrected chi connectivity index (χ2v) is 6.56. The van der Waals surface area contributed by atoms with Crippen molar-refractivity contribution in [2.45, 2.75) is 26.7 Å². The lowest BCUT2D eigenvalue weighted by Gasteiger charge is -2.10. The fourth-order valence-electron chi connectivity index (χ4n) is 2.51. The lowest BCUT2D eigenvalue weighted by Crippen LogP contribution is -2.15. The number of carbonyl (C=O) groups is 3. The average Bonchev–Trinajstić information content (AvgIpc) is 2.75. The van der Waals surface area contributed by atoms with Crippen LogP contribution >= 0.6 is 0 Å². The predicted molar refractivity (Wildman–Crippen MR) is 118 cm³/mol. The molecule has 0 saturated heterocycles. The molecule has 0 atom stereocenters. The molecule has 0 radical (unpaired) electrons. The quantitative estimate of drug-likeness (QED) is 0.243. The monoisotopic (exact) mass is 420 g/mol. The molecule has 31 heavy (non-hydrogen) atoms. The highest BCUT2D eigenvalue weighted by Crippen LogP contribution is 2.18. The smallest absolute Gasteiger partial charge is 0.340 e. The maximum atomic E-state index is 12.4. The summed E-state index contributed by atoms with van der Waals surface area (Å²) in [6.45, 7) is 3.72. The minimum Gasteiger partial charge on any atom is -0.462 e. The van der Waals surface area contributed by atoms with Gasteiger partial charge in [0.25, 0.3) is 5.91 Å². The number of anilines is 3. The van der Waals surface area contributed by atoms with Crippen molar-refractivity contribution in [3.05, 3.63) is 65.9 Å². The molecule has 0 saturated carbocycles. The van der Waals surface area contributed by atoms with Gasteiger partial charge in [0.05, 0.1) is 17.9 Å². The van der Waals surface area contributed by atoms with Crippen molar-refractivity contribution in [3.8, 4) is 6.07 Å². The predicted octanol–water partition coefficient (Wildman–Crippen LogP) is 4.06. The van der Waals surface area contributed by atoms with Crippen LogP contribution in [0.3, 0.4) is 0 Å². The molecule has 3 N–H and O–H groups in total. The van der Waals surface area contributed by atoms with Crippen molar-refractivity contribution in [1.82, 2.24) is 0 Å². The molecule has 2 aromatic rings. The van der Waals surface area contributed by atoms with E-state index >= 15 is 0 Å². The van der Waals surface area contributed by atoms with E-state index in [4.69, 9.17) is 4.74 Å². The number of amides is 2. The molecule has 0 aromatic heterocycles. The number of rotatable bonds is 9. The molecule has 8 heteroatoms. The van der Waals surface area contributed by atoms with E-state index < -0.39 is 11.9 Å². The Morgan fingerprint density at radius 2 is 1.68 bits per heavy atom. The highest BCUT2D eigenvalue weighted by molar-refractivity contribution is 6.07. The van der Waals surface area contributed by atoms with E-state index in [9.17, 15) is 19.6 Å². The maximum Gasteiger partial charge on any atom is 0.340 e. The summed E-state index contributed by atoms with van der Waals surface area (Å²) in [5.74, 6) is -1.30. The van der Waals surface area contributed by atoms with Crippen LogP contribution in [0.2, 0.25) is 0 Å². The molecule has 8 nitrogen and oxygen atoms in total. The van der Waals surface area contributed by atoms with Crippen molar-refractivity contribution in [3.63, 3.8) is 0 Å². The zero-order chi connectivity index (χ0) is 22.6. The number of unbranched alkanes of at least 4 members (excludes halogenated alkanes) is 1. The summed E-state index contributed by atoms with van der Waals surface area (Å²) < 4.78 is 5.23. The highest BCUT2D eigenvalue weighted by Gasteiger charge is 2.13. The van der Waals surface area contributed by atoms with Crippen LogP contribution < -0.4 is 16.0 Å². The Kier molecular flexibility index (Phi) is 8.80. The van der Waals surface area contributed by atoms with Gasteiger partial charge in [-0.2, -0.15) is 5.26 Å². The molecule has 0 fully saturated rings. The molecule has 0 bridgehead atoms. The number of hydrogen-bond donors (Lipinski definition) is 3. The first-order chi connectivity index (χ1) is 14.9. The molecule has 0 unspecified atom stereocenters. The Morgan fingerprint density at radius 1 is 1.03 bits per heavy atom. The lowest BCUT2D eigenvalue weighted by molar-refractivity contribution is -0.114. The van der Waals surface area contributed by atoms with Crippen molar-refractivity contribution in [2.24, 2.45) is 0 Å². The Hall–Kier alpha value is -4.12. The largest absolute Gasteiger partial charge is 0.462 e. The Morgan fingerprint density at radius 3 is 2.29 bits per heavy atom. The number of benzene rings is 2. The Labute approximate surface area is 180 Å². The van der Waals surface area contributed by atoms with Crippen LogP contribution in [0.15, 0.2) is 60.3 Å². The number of nitrogens with zero attached hydrogens (tertiary/aromatic N) is 1. The normalized spacial score (nSPS) is 10.5. The molecule has 2 amide bonds. The molecule has 2 rings (SSSR count). The van der Waals surface area contributed by atoms with E-state index in [1.165, 1.54) is 13.1 Å². The minimum absolute atomic E-state index is 0.180. The van der Waals surface area contributed by atoms with Crippen molar-refractivity contribution in [2.75, 3.05) is 22.6 Å². The Bertz CT molecular complexity index is 1010. The molecule has 160 valence electrons. The molecular formula is C23H24N4O4. The summed E-state index contributed by atoms with van der Waals surface area (Å²) in [6.07, 6.45) is 2.91. The molecule has 0 aliphatic carbocycles. The van der Waals surface area contributed by atoms with Gasteiger partial charge in [-0.15, -0.1) is 0 Å². The van der Waals surface area contributed by atoms with Gasteiger partial charge in [-0.1, -0.05) is 25.5 Å². The number of para-hydroxylation sites is 1. The summed E-state index contributed by atoms with van der Waals surface area (Å²) in [5, 5.41) is 17.4. The van der Waals surface area contributed by atoms with Gasteiger partial charge in [0.1, 0.15) is 11.6 Å². The van der Waals surface area contributed by atoms with Gasteiger partial charge in [-0.3, -0.25) is 9.59 Å². The zero-order valence-electron chi connectivity index (χ0n) is 17.4. The van der Waals surface area contributed by atoms with Crippen LogP contribution in [0.25, 0.3) is 0 Å². The fourth-order valence-corrected chi connectivity index (χ4v) is 2.51. The van der Waals surface area contributed by atoms with E-state index in [2.05, 4.69) is 16.0 Å². The zero-order valence-corrected chi connectivity index (χ0v) is 17.4. The van der Waals surface area contributed by atoms with Crippen LogP contribution in [0.1, 0.15) is 37.0 Å². The van der Waals surface area contributed by atoms with Gasteiger partial charge in [-0.25, -0.2) is 4.79 Å². The topological polar surface area (TPSA) is 120 Å². The van der Waals surface area contributed by atoms with Gasteiger partial charge in [0, 0.05) is 24.5 Å². The van der Waals surface area contributed by atoms with E-state index in [1.807, 2.05) is 13.0 Å². The third-order valence-electron chi connectivity index (χ3n) is 4.08. The molecule has 0 spiro atoms. The van der Waals surface area contributed by atoms with Crippen LogP contribution in [-0.2, 0) is 14.3 Å².